The summed E-state index contributed by atoms with van der Waals surface area (Å²) in [5.41, 5.74) is 1.87. The Kier molecular flexibility index (Phi) is 10.6. The van der Waals surface area contributed by atoms with E-state index in [1.807, 2.05) is 60.7 Å². The average molecular weight is 493 g/mol. The molecule has 1 atom stereocenters. The van der Waals surface area contributed by atoms with Gasteiger partial charge in [-0.1, -0.05) is 92.0 Å². The van der Waals surface area contributed by atoms with Crippen molar-refractivity contribution in [2.75, 3.05) is 13.2 Å². The van der Waals surface area contributed by atoms with Gasteiger partial charge in [-0.25, -0.2) is 0 Å². The van der Waals surface area contributed by atoms with E-state index in [0.717, 1.165) is 30.4 Å². The van der Waals surface area contributed by atoms with Gasteiger partial charge in [0.05, 0.1) is 0 Å². The molecular weight excluding hydrogens is 460 g/mol. The third-order valence-electron chi connectivity index (χ3n) is 5.72. The molecule has 184 valence electrons. The van der Waals surface area contributed by atoms with Crippen LogP contribution in [0.5, 0.6) is 5.75 Å². The average Bonchev–Trinajstić information content (AvgIpc) is 2.89. The first-order valence-corrected chi connectivity index (χ1v) is 12.5. The monoisotopic (exact) mass is 492 g/mol. The third-order valence-corrected chi connectivity index (χ3v) is 5.97. The second-order valence-electron chi connectivity index (χ2n) is 8.45. The van der Waals surface area contributed by atoms with E-state index in [2.05, 4.69) is 12.2 Å². The lowest BCUT2D eigenvalue weighted by Gasteiger charge is -2.31. The smallest absolute Gasteiger partial charge is 0.261 e. The first kappa shape index (κ1) is 26.3. The fourth-order valence-corrected chi connectivity index (χ4v) is 3.92. The maximum absolute atomic E-state index is 13.5. The lowest BCUT2D eigenvalue weighted by molar-refractivity contribution is -0.142. The topological polar surface area (TPSA) is 58.6 Å². The van der Waals surface area contributed by atoms with Crippen LogP contribution in [0, 0.1) is 0 Å². The molecule has 0 fully saturated rings. The van der Waals surface area contributed by atoms with Crippen molar-refractivity contribution in [3.63, 3.8) is 0 Å². The molecule has 0 aliphatic heterocycles. The number of para-hydroxylation sites is 1. The summed E-state index contributed by atoms with van der Waals surface area (Å²) in [6.45, 7) is 2.82. The minimum atomic E-state index is -0.679. The van der Waals surface area contributed by atoms with E-state index >= 15 is 0 Å². The largest absolute Gasteiger partial charge is 0.484 e. The van der Waals surface area contributed by atoms with Crippen molar-refractivity contribution >= 4 is 23.4 Å². The van der Waals surface area contributed by atoms with Crippen molar-refractivity contribution in [1.29, 1.82) is 0 Å². The molecule has 0 bridgehead atoms. The van der Waals surface area contributed by atoms with Gasteiger partial charge < -0.3 is 15.0 Å². The van der Waals surface area contributed by atoms with E-state index in [0.29, 0.717) is 23.7 Å². The fraction of sp³-hybridized carbons (Fsp3) is 0.310. The molecule has 3 aromatic rings. The quantitative estimate of drug-likeness (QED) is 0.313. The number of amides is 2. The molecule has 0 unspecified atom stereocenters. The molecular formula is C29H33ClN2O3. The number of hydrogen-bond donors (Lipinski definition) is 1. The Bertz CT molecular complexity index is 1040. The molecule has 0 aliphatic rings. The van der Waals surface area contributed by atoms with Gasteiger partial charge in [0.25, 0.3) is 5.91 Å². The molecule has 0 aromatic heterocycles. The van der Waals surface area contributed by atoms with Gasteiger partial charge in [0.1, 0.15) is 11.8 Å². The molecule has 1 N–H and O–H groups in total. The summed E-state index contributed by atoms with van der Waals surface area (Å²) in [7, 11) is 0. The minimum absolute atomic E-state index is 0.160. The van der Waals surface area contributed by atoms with Crippen LogP contribution in [-0.2, 0) is 22.6 Å². The predicted molar refractivity (Wildman–Crippen MR) is 140 cm³/mol. The fourth-order valence-electron chi connectivity index (χ4n) is 3.79. The number of unbranched alkanes of at least 4 members (excludes halogenated alkanes) is 2. The van der Waals surface area contributed by atoms with Crippen LogP contribution in [-0.4, -0.2) is 35.9 Å². The summed E-state index contributed by atoms with van der Waals surface area (Å²) in [4.78, 5) is 28.5. The number of nitrogens with one attached hydrogen (secondary N) is 1. The van der Waals surface area contributed by atoms with Gasteiger partial charge in [-0.05, 0) is 41.8 Å². The molecule has 0 saturated carbocycles. The maximum Gasteiger partial charge on any atom is 0.261 e. The number of nitrogens with zero attached hydrogens (tertiary/aromatic N) is 1. The van der Waals surface area contributed by atoms with E-state index in [9.17, 15) is 9.59 Å². The molecule has 0 radical (unpaired) electrons. The number of carbonyl (C=O) groups is 2. The van der Waals surface area contributed by atoms with E-state index in [-0.39, 0.29) is 25.0 Å². The summed E-state index contributed by atoms with van der Waals surface area (Å²) in [6, 6.07) is 25.6. The van der Waals surface area contributed by atoms with Crippen molar-refractivity contribution in [2.24, 2.45) is 0 Å². The van der Waals surface area contributed by atoms with Crippen LogP contribution in [0.25, 0.3) is 0 Å². The van der Waals surface area contributed by atoms with Crippen LogP contribution >= 0.6 is 11.6 Å². The van der Waals surface area contributed by atoms with Crippen LogP contribution in [0.4, 0.5) is 0 Å². The zero-order valence-corrected chi connectivity index (χ0v) is 20.9. The van der Waals surface area contributed by atoms with Gasteiger partial charge in [0, 0.05) is 24.5 Å². The summed E-state index contributed by atoms with van der Waals surface area (Å²) < 4.78 is 5.75. The van der Waals surface area contributed by atoms with Crippen LogP contribution in [0.1, 0.15) is 37.3 Å². The molecule has 35 heavy (non-hydrogen) atoms. The summed E-state index contributed by atoms with van der Waals surface area (Å²) in [5.74, 6) is 0.191. The van der Waals surface area contributed by atoms with Gasteiger partial charge in [0.2, 0.25) is 5.91 Å². The Morgan fingerprint density at radius 3 is 2.20 bits per heavy atom. The molecule has 0 saturated heterocycles. The number of halogens is 1. The summed E-state index contributed by atoms with van der Waals surface area (Å²) >= 11 is 6.07. The highest BCUT2D eigenvalue weighted by molar-refractivity contribution is 6.30. The highest BCUT2D eigenvalue weighted by Crippen LogP contribution is 2.18. The van der Waals surface area contributed by atoms with E-state index in [4.69, 9.17) is 16.3 Å². The van der Waals surface area contributed by atoms with Gasteiger partial charge in [-0.15, -0.1) is 0 Å². The van der Waals surface area contributed by atoms with Crippen molar-refractivity contribution < 1.29 is 14.3 Å². The number of carbonyl (C=O) groups excluding carboxylic acids is 2. The number of ether oxygens (including phenoxy) is 1. The highest BCUT2D eigenvalue weighted by atomic mass is 35.5. The Morgan fingerprint density at radius 2 is 1.54 bits per heavy atom. The van der Waals surface area contributed by atoms with Crippen molar-refractivity contribution in [2.45, 2.75) is 45.2 Å². The van der Waals surface area contributed by atoms with Crippen LogP contribution in [0.15, 0.2) is 84.9 Å². The lowest BCUT2D eigenvalue weighted by atomic mass is 10.0. The normalized spacial score (nSPS) is 11.5. The number of benzene rings is 3. The number of hydrogen-bond acceptors (Lipinski definition) is 3. The van der Waals surface area contributed by atoms with Crippen molar-refractivity contribution in [3.8, 4) is 5.75 Å². The highest BCUT2D eigenvalue weighted by Gasteiger charge is 2.30. The van der Waals surface area contributed by atoms with E-state index in [1.165, 1.54) is 0 Å². The molecule has 0 heterocycles. The van der Waals surface area contributed by atoms with Gasteiger partial charge in [-0.3, -0.25) is 9.59 Å². The predicted octanol–water partition coefficient (Wildman–Crippen LogP) is 5.67. The zero-order chi connectivity index (χ0) is 24.9. The summed E-state index contributed by atoms with van der Waals surface area (Å²) in [5, 5.41) is 3.67. The number of rotatable bonds is 13. The minimum Gasteiger partial charge on any atom is -0.484 e. The lowest BCUT2D eigenvalue weighted by Crippen LogP contribution is -2.51. The Labute approximate surface area is 213 Å². The second kappa shape index (κ2) is 14.2. The maximum atomic E-state index is 13.5. The van der Waals surface area contributed by atoms with Crippen molar-refractivity contribution in [1.82, 2.24) is 10.2 Å². The molecule has 3 aromatic carbocycles. The van der Waals surface area contributed by atoms with Gasteiger partial charge in [0.15, 0.2) is 6.61 Å². The molecule has 0 aliphatic carbocycles. The molecule has 2 amide bonds. The molecule has 6 heteroatoms. The zero-order valence-electron chi connectivity index (χ0n) is 20.2. The molecule has 3 rings (SSSR count). The first-order valence-electron chi connectivity index (χ1n) is 12.1. The van der Waals surface area contributed by atoms with E-state index in [1.54, 1.807) is 29.2 Å². The Morgan fingerprint density at radius 1 is 0.886 bits per heavy atom. The van der Waals surface area contributed by atoms with Crippen molar-refractivity contribution in [3.05, 3.63) is 101 Å². The van der Waals surface area contributed by atoms with Crippen LogP contribution in [0.2, 0.25) is 5.02 Å². The van der Waals surface area contributed by atoms with E-state index < -0.39 is 6.04 Å². The first-order chi connectivity index (χ1) is 17.1. The second-order valence-corrected chi connectivity index (χ2v) is 8.89. The third kappa shape index (κ3) is 8.76. The van der Waals surface area contributed by atoms with Crippen LogP contribution in [0.3, 0.4) is 0 Å². The standard InChI is InChI=1S/C29H33ClN2O3/c1-2-3-10-19-31-29(34)27(20-23-11-6-4-7-12-23)32(21-24-15-17-25(30)18-16-24)28(33)22-35-26-13-8-5-9-14-26/h4-9,11-18,27H,2-3,10,19-22H2,1H3,(H,31,34)/t27-/m1/s1. The SMILES string of the molecule is CCCCCNC(=O)[C@@H](Cc1ccccc1)N(Cc1ccc(Cl)cc1)C(=O)COc1ccccc1. The van der Waals surface area contributed by atoms with Crippen LogP contribution < -0.4 is 10.1 Å². The Balaban J connectivity index is 1.85. The Hall–Kier alpha value is -3.31. The summed E-state index contributed by atoms with van der Waals surface area (Å²) in [6.07, 6.45) is 3.43. The van der Waals surface area contributed by atoms with Gasteiger partial charge in [-0.2, -0.15) is 0 Å². The molecule has 0 spiro atoms. The molecule has 5 nitrogen and oxygen atoms in total. The van der Waals surface area contributed by atoms with Gasteiger partial charge >= 0.3 is 0 Å².